The molecule has 2 fully saturated rings. The number of nitrogens with zero attached hydrogens (tertiary/aromatic N) is 1. The van der Waals surface area contributed by atoms with Gasteiger partial charge in [-0.1, -0.05) is 20.8 Å². The first-order valence-electron chi connectivity index (χ1n) is 6.56. The fourth-order valence-electron chi connectivity index (χ4n) is 2.72. The van der Waals surface area contributed by atoms with Gasteiger partial charge in [-0.3, -0.25) is 0 Å². The predicted molar refractivity (Wildman–Crippen MR) is 65.1 cm³/mol. The number of likely N-dealkylation sites (tertiary alicyclic amines) is 1. The van der Waals surface area contributed by atoms with Crippen LogP contribution in [0, 0.1) is 5.41 Å². The highest BCUT2D eigenvalue weighted by atomic mass is 15.2. The Balaban J connectivity index is 1.76. The highest BCUT2D eigenvalue weighted by molar-refractivity contribution is 4.93. The van der Waals surface area contributed by atoms with E-state index in [0.717, 1.165) is 6.04 Å². The summed E-state index contributed by atoms with van der Waals surface area (Å²) in [6, 6.07) is 1.37. The molecule has 1 aliphatic heterocycles. The van der Waals surface area contributed by atoms with Crippen molar-refractivity contribution in [2.75, 3.05) is 19.6 Å². The first kappa shape index (κ1) is 11.4. The monoisotopic (exact) mass is 210 g/mol. The largest absolute Gasteiger partial charge is 0.311 e. The molecule has 1 atom stereocenters. The lowest BCUT2D eigenvalue weighted by Gasteiger charge is -2.35. The average Bonchev–Trinajstić information content (AvgIpc) is 2.82. The van der Waals surface area contributed by atoms with Gasteiger partial charge in [0.2, 0.25) is 0 Å². The van der Waals surface area contributed by atoms with Crippen molar-refractivity contribution in [1.29, 1.82) is 0 Å². The Morgan fingerprint density at radius 3 is 2.73 bits per heavy atom. The number of nitrogens with one attached hydrogen (secondary N) is 1. The summed E-state index contributed by atoms with van der Waals surface area (Å²) in [5, 5.41) is 3.68. The van der Waals surface area contributed by atoms with E-state index in [4.69, 9.17) is 0 Å². The van der Waals surface area contributed by atoms with Crippen LogP contribution < -0.4 is 5.32 Å². The maximum Gasteiger partial charge on any atom is 0.0197 e. The van der Waals surface area contributed by atoms with Crippen LogP contribution in [0.5, 0.6) is 0 Å². The number of hydrogen-bond donors (Lipinski definition) is 1. The lowest BCUT2D eigenvalue weighted by atomic mass is 10.0. The molecule has 0 spiro atoms. The van der Waals surface area contributed by atoms with E-state index < -0.39 is 0 Å². The SMILES string of the molecule is CC(C)NC1CCCN(CC2(C)CC2)C1. The second kappa shape index (κ2) is 4.42. The Labute approximate surface area is 94.4 Å². The van der Waals surface area contributed by atoms with Gasteiger partial charge in [0, 0.05) is 25.2 Å². The van der Waals surface area contributed by atoms with E-state index in [9.17, 15) is 0 Å². The van der Waals surface area contributed by atoms with E-state index in [2.05, 4.69) is 31.0 Å². The molecule has 1 N–H and O–H groups in total. The summed E-state index contributed by atoms with van der Waals surface area (Å²) >= 11 is 0. The maximum atomic E-state index is 3.68. The minimum Gasteiger partial charge on any atom is -0.311 e. The van der Waals surface area contributed by atoms with E-state index in [1.54, 1.807) is 0 Å². The molecule has 0 aromatic heterocycles. The van der Waals surface area contributed by atoms with Crippen molar-refractivity contribution in [3.8, 4) is 0 Å². The number of piperidine rings is 1. The lowest BCUT2D eigenvalue weighted by Crippen LogP contribution is -2.48. The van der Waals surface area contributed by atoms with Crippen LogP contribution in [0.4, 0.5) is 0 Å². The van der Waals surface area contributed by atoms with E-state index in [0.29, 0.717) is 11.5 Å². The van der Waals surface area contributed by atoms with Crippen molar-refractivity contribution < 1.29 is 0 Å². The van der Waals surface area contributed by atoms with E-state index in [1.807, 2.05) is 0 Å². The van der Waals surface area contributed by atoms with Crippen LogP contribution in [0.2, 0.25) is 0 Å². The zero-order valence-electron chi connectivity index (χ0n) is 10.6. The first-order chi connectivity index (χ1) is 7.07. The van der Waals surface area contributed by atoms with Crippen LogP contribution >= 0.6 is 0 Å². The van der Waals surface area contributed by atoms with Gasteiger partial charge in [-0.2, -0.15) is 0 Å². The topological polar surface area (TPSA) is 15.3 Å². The van der Waals surface area contributed by atoms with E-state index in [1.165, 1.54) is 45.3 Å². The second-order valence-electron chi connectivity index (χ2n) is 6.21. The average molecular weight is 210 g/mol. The van der Waals surface area contributed by atoms with Gasteiger partial charge in [0.05, 0.1) is 0 Å². The van der Waals surface area contributed by atoms with Gasteiger partial charge in [0.25, 0.3) is 0 Å². The Morgan fingerprint density at radius 2 is 2.13 bits per heavy atom. The van der Waals surface area contributed by atoms with E-state index >= 15 is 0 Å². The molecule has 15 heavy (non-hydrogen) atoms. The van der Waals surface area contributed by atoms with Gasteiger partial charge in [-0.15, -0.1) is 0 Å². The molecule has 0 bridgehead atoms. The molecular formula is C13H26N2. The second-order valence-corrected chi connectivity index (χ2v) is 6.21. The van der Waals surface area contributed by atoms with Gasteiger partial charge in [0.1, 0.15) is 0 Å². The summed E-state index contributed by atoms with van der Waals surface area (Å²) in [4.78, 5) is 2.68. The van der Waals surface area contributed by atoms with Crippen molar-refractivity contribution in [2.24, 2.45) is 5.41 Å². The third-order valence-electron chi connectivity index (χ3n) is 3.78. The summed E-state index contributed by atoms with van der Waals surface area (Å²) in [5.74, 6) is 0. The standard InChI is InChI=1S/C13H26N2/c1-11(2)14-12-5-4-8-15(9-12)10-13(3)6-7-13/h11-12,14H,4-10H2,1-3H3. The van der Waals surface area contributed by atoms with Gasteiger partial charge < -0.3 is 10.2 Å². The van der Waals surface area contributed by atoms with Crippen LogP contribution in [0.3, 0.4) is 0 Å². The molecule has 1 saturated carbocycles. The number of hydrogen-bond acceptors (Lipinski definition) is 2. The van der Waals surface area contributed by atoms with Gasteiger partial charge >= 0.3 is 0 Å². The molecule has 2 heteroatoms. The predicted octanol–water partition coefficient (Wildman–Crippen LogP) is 2.25. The van der Waals surface area contributed by atoms with Crippen LogP contribution in [0.15, 0.2) is 0 Å². The zero-order valence-corrected chi connectivity index (χ0v) is 10.6. The minimum absolute atomic E-state index is 0.631. The third-order valence-corrected chi connectivity index (χ3v) is 3.78. The molecule has 0 radical (unpaired) electrons. The fourth-order valence-corrected chi connectivity index (χ4v) is 2.72. The lowest BCUT2D eigenvalue weighted by molar-refractivity contribution is 0.159. The Hall–Kier alpha value is -0.0800. The van der Waals surface area contributed by atoms with Crippen LogP contribution in [-0.2, 0) is 0 Å². The molecule has 1 aliphatic carbocycles. The third kappa shape index (κ3) is 3.46. The smallest absolute Gasteiger partial charge is 0.0197 e. The summed E-state index contributed by atoms with van der Waals surface area (Å²) in [7, 11) is 0. The van der Waals surface area contributed by atoms with Crippen molar-refractivity contribution in [1.82, 2.24) is 10.2 Å². The Morgan fingerprint density at radius 1 is 1.40 bits per heavy atom. The van der Waals surface area contributed by atoms with Crippen molar-refractivity contribution in [2.45, 2.75) is 58.5 Å². The minimum atomic E-state index is 0.631. The molecule has 0 aromatic rings. The molecule has 2 nitrogen and oxygen atoms in total. The van der Waals surface area contributed by atoms with Crippen LogP contribution in [0.25, 0.3) is 0 Å². The molecule has 0 aromatic carbocycles. The van der Waals surface area contributed by atoms with E-state index in [-0.39, 0.29) is 0 Å². The summed E-state index contributed by atoms with van der Waals surface area (Å²) in [6.07, 6.45) is 5.64. The molecule has 0 amide bonds. The molecule has 2 rings (SSSR count). The molecule has 1 saturated heterocycles. The van der Waals surface area contributed by atoms with Crippen molar-refractivity contribution in [3.63, 3.8) is 0 Å². The molecule has 2 aliphatic rings. The zero-order chi connectivity index (χ0) is 10.9. The summed E-state index contributed by atoms with van der Waals surface area (Å²) in [6.45, 7) is 10.9. The molecule has 88 valence electrons. The van der Waals surface area contributed by atoms with Crippen LogP contribution in [0.1, 0.15) is 46.5 Å². The maximum absolute atomic E-state index is 3.68. The number of rotatable bonds is 4. The van der Waals surface area contributed by atoms with Gasteiger partial charge in [0.15, 0.2) is 0 Å². The highest BCUT2D eigenvalue weighted by Crippen LogP contribution is 2.45. The first-order valence-corrected chi connectivity index (χ1v) is 6.56. The Bertz CT molecular complexity index is 209. The highest BCUT2D eigenvalue weighted by Gasteiger charge is 2.39. The van der Waals surface area contributed by atoms with Gasteiger partial charge in [-0.05, 0) is 37.6 Å². The fraction of sp³-hybridized carbons (Fsp3) is 1.00. The van der Waals surface area contributed by atoms with Gasteiger partial charge in [-0.25, -0.2) is 0 Å². The van der Waals surface area contributed by atoms with Crippen molar-refractivity contribution in [3.05, 3.63) is 0 Å². The summed E-state index contributed by atoms with van der Waals surface area (Å²) < 4.78 is 0. The molecule has 1 unspecified atom stereocenters. The van der Waals surface area contributed by atoms with Crippen LogP contribution in [-0.4, -0.2) is 36.6 Å². The molecule has 1 heterocycles. The quantitative estimate of drug-likeness (QED) is 0.765. The molecular weight excluding hydrogens is 184 g/mol. The Kier molecular flexibility index (Phi) is 3.36. The normalized spacial score (nSPS) is 30.8. The van der Waals surface area contributed by atoms with Crippen molar-refractivity contribution >= 4 is 0 Å². The summed E-state index contributed by atoms with van der Waals surface area (Å²) in [5.41, 5.74) is 0.680.